The van der Waals surface area contributed by atoms with E-state index in [1.165, 1.54) is 0 Å². The predicted molar refractivity (Wildman–Crippen MR) is 132 cm³/mol. The summed E-state index contributed by atoms with van der Waals surface area (Å²) >= 11 is 0. The molecular formula is C27H28N4O3. The molecule has 0 spiro atoms. The van der Waals surface area contributed by atoms with Gasteiger partial charge >= 0.3 is 0 Å². The number of carbonyl (C=O) groups excluding carboxylic acids is 2. The van der Waals surface area contributed by atoms with Gasteiger partial charge in [-0.2, -0.15) is 0 Å². The van der Waals surface area contributed by atoms with E-state index in [0.29, 0.717) is 23.7 Å². The lowest BCUT2D eigenvalue weighted by Gasteiger charge is -2.20. The topological polar surface area (TPSA) is 76.5 Å². The summed E-state index contributed by atoms with van der Waals surface area (Å²) in [6, 6.07) is 24.1. The molecule has 2 amide bonds. The normalized spacial score (nSPS) is 11.7. The van der Waals surface area contributed by atoms with Crippen LogP contribution in [0.3, 0.4) is 0 Å². The van der Waals surface area contributed by atoms with Crippen molar-refractivity contribution < 1.29 is 14.3 Å². The quantitative estimate of drug-likeness (QED) is 0.431. The van der Waals surface area contributed by atoms with Crippen molar-refractivity contribution in [3.05, 3.63) is 95.8 Å². The number of imidazole rings is 1. The summed E-state index contributed by atoms with van der Waals surface area (Å²) in [5.74, 6) is 0.954. The monoisotopic (exact) mass is 456 g/mol. The molecule has 0 saturated heterocycles. The molecule has 0 saturated carbocycles. The third-order valence-corrected chi connectivity index (χ3v) is 5.73. The number of para-hydroxylation sites is 2. The van der Waals surface area contributed by atoms with Gasteiger partial charge in [-0.15, -0.1) is 0 Å². The Balaban J connectivity index is 1.57. The first-order valence-electron chi connectivity index (χ1n) is 11.1. The van der Waals surface area contributed by atoms with Crippen LogP contribution in [-0.4, -0.2) is 40.4 Å². The molecule has 0 aliphatic rings. The van der Waals surface area contributed by atoms with E-state index < -0.39 is 6.04 Å². The number of hydrogen-bond donors (Lipinski definition) is 1. The van der Waals surface area contributed by atoms with Crippen molar-refractivity contribution in [2.24, 2.45) is 0 Å². The van der Waals surface area contributed by atoms with Crippen molar-refractivity contribution in [2.75, 3.05) is 14.2 Å². The van der Waals surface area contributed by atoms with E-state index in [1.807, 2.05) is 66.1 Å². The van der Waals surface area contributed by atoms with Crippen LogP contribution in [0.1, 0.15) is 34.7 Å². The fourth-order valence-electron chi connectivity index (χ4n) is 3.90. The molecule has 0 bridgehead atoms. The molecule has 0 aliphatic heterocycles. The Morgan fingerprint density at radius 2 is 1.76 bits per heavy atom. The molecule has 7 nitrogen and oxygen atoms in total. The second-order valence-electron chi connectivity index (χ2n) is 8.21. The van der Waals surface area contributed by atoms with Crippen LogP contribution in [0.5, 0.6) is 5.75 Å². The Labute approximate surface area is 199 Å². The van der Waals surface area contributed by atoms with Crippen molar-refractivity contribution in [2.45, 2.75) is 26.1 Å². The van der Waals surface area contributed by atoms with Crippen molar-refractivity contribution in [1.82, 2.24) is 19.8 Å². The van der Waals surface area contributed by atoms with Gasteiger partial charge in [0.05, 0.1) is 24.2 Å². The summed E-state index contributed by atoms with van der Waals surface area (Å²) in [6.07, 6.45) is 0. The summed E-state index contributed by atoms with van der Waals surface area (Å²) in [6.45, 7) is 2.51. The third kappa shape index (κ3) is 5.09. The zero-order chi connectivity index (χ0) is 24.1. The maximum absolute atomic E-state index is 13.1. The largest absolute Gasteiger partial charge is 0.497 e. The van der Waals surface area contributed by atoms with Crippen LogP contribution in [0.4, 0.5) is 0 Å². The van der Waals surface area contributed by atoms with E-state index in [2.05, 4.69) is 5.32 Å². The van der Waals surface area contributed by atoms with Crippen molar-refractivity contribution >= 4 is 22.8 Å². The Kier molecular flexibility index (Phi) is 6.92. The van der Waals surface area contributed by atoms with Gasteiger partial charge in [-0.25, -0.2) is 4.98 Å². The fourth-order valence-corrected chi connectivity index (χ4v) is 3.90. The lowest BCUT2D eigenvalue weighted by molar-refractivity contribution is -0.131. The number of aromatic nitrogens is 2. The van der Waals surface area contributed by atoms with Crippen LogP contribution < -0.4 is 10.1 Å². The first-order chi connectivity index (χ1) is 16.5. The van der Waals surface area contributed by atoms with E-state index in [9.17, 15) is 9.59 Å². The van der Waals surface area contributed by atoms with Gasteiger partial charge in [0.15, 0.2) is 0 Å². The van der Waals surface area contributed by atoms with Crippen LogP contribution in [-0.2, 0) is 17.9 Å². The van der Waals surface area contributed by atoms with Gasteiger partial charge in [0.25, 0.3) is 5.91 Å². The molecule has 1 unspecified atom stereocenters. The van der Waals surface area contributed by atoms with Gasteiger partial charge < -0.3 is 19.5 Å². The van der Waals surface area contributed by atoms with Gasteiger partial charge in [-0.05, 0) is 42.8 Å². The molecule has 1 N–H and O–H groups in total. The van der Waals surface area contributed by atoms with Gasteiger partial charge in [0, 0.05) is 19.2 Å². The zero-order valence-electron chi connectivity index (χ0n) is 19.6. The van der Waals surface area contributed by atoms with Crippen LogP contribution >= 0.6 is 0 Å². The van der Waals surface area contributed by atoms with Gasteiger partial charge in [-0.3, -0.25) is 9.59 Å². The Morgan fingerprint density at radius 1 is 1.03 bits per heavy atom. The van der Waals surface area contributed by atoms with Crippen molar-refractivity contribution in [1.29, 1.82) is 0 Å². The highest BCUT2D eigenvalue weighted by Gasteiger charge is 2.22. The molecule has 4 aromatic rings. The summed E-state index contributed by atoms with van der Waals surface area (Å²) in [7, 11) is 3.36. The van der Waals surface area contributed by atoms with Crippen molar-refractivity contribution in [3.63, 3.8) is 0 Å². The smallest absolute Gasteiger partial charge is 0.251 e. The number of benzene rings is 3. The molecule has 7 heteroatoms. The summed E-state index contributed by atoms with van der Waals surface area (Å²) in [5, 5.41) is 3.00. The number of rotatable bonds is 8. The number of hydrogen-bond acceptors (Lipinski definition) is 4. The maximum atomic E-state index is 13.1. The highest BCUT2D eigenvalue weighted by Crippen LogP contribution is 2.22. The van der Waals surface area contributed by atoms with E-state index in [4.69, 9.17) is 9.72 Å². The minimum atomic E-state index is -0.418. The zero-order valence-corrected chi connectivity index (χ0v) is 19.6. The number of amides is 2. The van der Waals surface area contributed by atoms with E-state index >= 15 is 0 Å². The average molecular weight is 457 g/mol. The number of nitrogens with zero attached hydrogens (tertiary/aromatic N) is 3. The standard InChI is InChI=1S/C27H28N4O3/c1-19(28-27(33)21-12-9-13-22(16-21)34-3)26-29-23-14-7-8-15-24(23)31(26)18-25(32)30(2)17-20-10-5-4-6-11-20/h4-16,19H,17-18H2,1-3H3,(H,28,33). The minimum Gasteiger partial charge on any atom is -0.497 e. The van der Waals surface area contributed by atoms with Gasteiger partial charge in [-0.1, -0.05) is 48.5 Å². The number of carbonyl (C=O) groups is 2. The van der Waals surface area contributed by atoms with E-state index in [0.717, 1.165) is 16.6 Å². The molecule has 0 fully saturated rings. The molecular weight excluding hydrogens is 428 g/mol. The van der Waals surface area contributed by atoms with E-state index in [-0.39, 0.29) is 18.4 Å². The first kappa shape index (κ1) is 23.0. The summed E-state index contributed by atoms with van der Waals surface area (Å²) < 4.78 is 7.11. The third-order valence-electron chi connectivity index (χ3n) is 5.73. The molecule has 1 atom stereocenters. The molecule has 1 aromatic heterocycles. The lowest BCUT2D eigenvalue weighted by atomic mass is 10.2. The minimum absolute atomic E-state index is 0.0421. The summed E-state index contributed by atoms with van der Waals surface area (Å²) in [4.78, 5) is 32.4. The SMILES string of the molecule is COc1cccc(C(=O)NC(C)c2nc3ccccc3n2CC(=O)N(C)Cc2ccccc2)c1. The molecule has 34 heavy (non-hydrogen) atoms. The molecule has 0 aliphatic carbocycles. The molecule has 3 aromatic carbocycles. The second kappa shape index (κ2) is 10.2. The fraction of sp³-hybridized carbons (Fsp3) is 0.222. The van der Waals surface area contributed by atoms with Crippen molar-refractivity contribution in [3.8, 4) is 5.75 Å². The van der Waals surface area contributed by atoms with Crippen LogP contribution in [0.25, 0.3) is 11.0 Å². The molecule has 4 rings (SSSR count). The van der Waals surface area contributed by atoms with Gasteiger partial charge in [0.2, 0.25) is 5.91 Å². The second-order valence-corrected chi connectivity index (χ2v) is 8.21. The number of ether oxygens (including phenoxy) is 1. The Bertz CT molecular complexity index is 1300. The van der Waals surface area contributed by atoms with Crippen LogP contribution in [0.2, 0.25) is 0 Å². The number of nitrogens with one attached hydrogen (secondary N) is 1. The Morgan fingerprint density at radius 3 is 2.53 bits per heavy atom. The Hall–Kier alpha value is -4.13. The molecule has 0 radical (unpaired) electrons. The summed E-state index contributed by atoms with van der Waals surface area (Å²) in [5.41, 5.74) is 3.18. The highest BCUT2D eigenvalue weighted by molar-refractivity contribution is 5.94. The number of likely N-dealkylation sites (N-methyl/N-ethyl adjacent to an activating group) is 1. The lowest BCUT2D eigenvalue weighted by Crippen LogP contribution is -2.32. The molecule has 1 heterocycles. The number of fused-ring (bicyclic) bond motifs is 1. The van der Waals surface area contributed by atoms with E-state index in [1.54, 1.807) is 43.3 Å². The maximum Gasteiger partial charge on any atom is 0.251 e. The van der Waals surface area contributed by atoms with Crippen LogP contribution in [0, 0.1) is 0 Å². The highest BCUT2D eigenvalue weighted by atomic mass is 16.5. The number of methoxy groups -OCH3 is 1. The van der Waals surface area contributed by atoms with Crippen LogP contribution in [0.15, 0.2) is 78.9 Å². The van der Waals surface area contributed by atoms with Gasteiger partial charge in [0.1, 0.15) is 18.1 Å². The molecule has 174 valence electrons. The average Bonchev–Trinajstić information content (AvgIpc) is 3.23. The first-order valence-corrected chi connectivity index (χ1v) is 11.1. The predicted octanol–water partition coefficient (Wildman–Crippen LogP) is 4.19.